The van der Waals surface area contributed by atoms with Crippen molar-refractivity contribution in [2.75, 3.05) is 19.7 Å². The van der Waals surface area contributed by atoms with Crippen molar-refractivity contribution in [2.45, 2.75) is 38.5 Å². The smallest absolute Gasteiger partial charge is 0.159 e. The van der Waals surface area contributed by atoms with Gasteiger partial charge in [0.05, 0.1) is 18.8 Å². The van der Waals surface area contributed by atoms with E-state index >= 15 is 0 Å². The van der Waals surface area contributed by atoms with Gasteiger partial charge in [0.15, 0.2) is 11.6 Å². The quantitative estimate of drug-likeness (QED) is 0.926. The molecule has 20 heavy (non-hydrogen) atoms. The molecular formula is C15H21F2NO2. The minimum Gasteiger partial charge on any atom is -0.387 e. The molecule has 0 aromatic heterocycles. The van der Waals surface area contributed by atoms with Gasteiger partial charge < -0.3 is 9.84 Å². The number of halogens is 2. The zero-order valence-corrected chi connectivity index (χ0v) is 12.1. The summed E-state index contributed by atoms with van der Waals surface area (Å²) in [6, 6.07) is 3.51. The molecule has 0 spiro atoms. The molecule has 1 aromatic carbocycles. The highest BCUT2D eigenvalue weighted by molar-refractivity contribution is 5.20. The first-order chi connectivity index (χ1) is 9.29. The molecule has 1 aliphatic rings. The molecule has 1 aromatic rings. The number of ether oxygens (including phenoxy) is 1. The Morgan fingerprint density at radius 1 is 1.40 bits per heavy atom. The molecule has 1 N–H and O–H groups in total. The Labute approximate surface area is 118 Å². The molecule has 0 amide bonds. The largest absolute Gasteiger partial charge is 0.387 e. The molecule has 0 aliphatic carbocycles. The fourth-order valence-electron chi connectivity index (χ4n) is 2.40. The summed E-state index contributed by atoms with van der Waals surface area (Å²) in [6.45, 7) is 7.71. The molecule has 0 radical (unpaired) electrons. The molecule has 0 bridgehead atoms. The fraction of sp³-hybridized carbons (Fsp3) is 0.600. The number of aliphatic hydroxyl groups excluding tert-OH is 1. The monoisotopic (exact) mass is 285 g/mol. The van der Waals surface area contributed by atoms with Crippen molar-refractivity contribution >= 4 is 0 Å². The van der Waals surface area contributed by atoms with E-state index in [1.165, 1.54) is 6.07 Å². The zero-order valence-electron chi connectivity index (χ0n) is 12.1. The maximum absolute atomic E-state index is 13.2. The Bertz CT molecular complexity index is 479. The SMILES string of the molecule is CC1CN(CC(O)c2ccc(F)c(F)c2)C(C)(C)CO1. The Morgan fingerprint density at radius 3 is 2.75 bits per heavy atom. The van der Waals surface area contributed by atoms with Gasteiger partial charge in [-0.2, -0.15) is 0 Å². The number of rotatable bonds is 3. The van der Waals surface area contributed by atoms with E-state index in [0.29, 0.717) is 25.3 Å². The van der Waals surface area contributed by atoms with E-state index in [1.54, 1.807) is 0 Å². The molecule has 2 atom stereocenters. The van der Waals surface area contributed by atoms with E-state index in [2.05, 4.69) is 4.90 Å². The van der Waals surface area contributed by atoms with E-state index in [9.17, 15) is 13.9 Å². The highest BCUT2D eigenvalue weighted by Gasteiger charge is 2.34. The lowest BCUT2D eigenvalue weighted by Gasteiger charge is -2.45. The maximum atomic E-state index is 13.2. The van der Waals surface area contributed by atoms with Crippen LogP contribution in [0.5, 0.6) is 0 Å². The van der Waals surface area contributed by atoms with Crippen LogP contribution in [-0.2, 0) is 4.74 Å². The van der Waals surface area contributed by atoms with Crippen LogP contribution in [0.4, 0.5) is 8.78 Å². The number of nitrogens with zero attached hydrogens (tertiary/aromatic N) is 1. The first-order valence-corrected chi connectivity index (χ1v) is 6.79. The molecule has 0 saturated carbocycles. The molecule has 1 aliphatic heterocycles. The van der Waals surface area contributed by atoms with Crippen LogP contribution in [0.3, 0.4) is 0 Å². The van der Waals surface area contributed by atoms with Gasteiger partial charge >= 0.3 is 0 Å². The summed E-state index contributed by atoms with van der Waals surface area (Å²) in [5.74, 6) is -1.84. The predicted octanol–water partition coefficient (Wildman–Crippen LogP) is 2.50. The molecule has 5 heteroatoms. The van der Waals surface area contributed by atoms with Gasteiger partial charge in [0.2, 0.25) is 0 Å². The van der Waals surface area contributed by atoms with Crippen LogP contribution in [0.1, 0.15) is 32.4 Å². The van der Waals surface area contributed by atoms with Crippen LogP contribution in [-0.4, -0.2) is 41.3 Å². The van der Waals surface area contributed by atoms with Crippen LogP contribution in [0, 0.1) is 11.6 Å². The summed E-state index contributed by atoms with van der Waals surface area (Å²) in [5, 5.41) is 10.2. The van der Waals surface area contributed by atoms with Crippen LogP contribution < -0.4 is 0 Å². The third kappa shape index (κ3) is 3.34. The average molecular weight is 285 g/mol. The van der Waals surface area contributed by atoms with Crippen molar-refractivity contribution in [3.05, 3.63) is 35.4 Å². The van der Waals surface area contributed by atoms with Gasteiger partial charge in [-0.25, -0.2) is 8.78 Å². The minimum absolute atomic E-state index is 0.0974. The standard InChI is InChI=1S/C15H21F2NO2/c1-10-7-18(15(2,3)9-20-10)8-14(19)11-4-5-12(16)13(17)6-11/h4-6,10,14,19H,7-9H2,1-3H3. The Balaban J connectivity index is 2.09. The number of benzene rings is 1. The Hall–Kier alpha value is -1.04. The van der Waals surface area contributed by atoms with Crippen LogP contribution in [0.25, 0.3) is 0 Å². The first-order valence-electron chi connectivity index (χ1n) is 6.79. The third-order valence-corrected chi connectivity index (χ3v) is 3.78. The summed E-state index contributed by atoms with van der Waals surface area (Å²) in [6.07, 6.45) is -0.755. The maximum Gasteiger partial charge on any atom is 0.159 e. The normalized spacial score (nSPS) is 24.6. The summed E-state index contributed by atoms with van der Waals surface area (Å²) in [7, 11) is 0. The number of morpholine rings is 1. The molecule has 1 heterocycles. The molecule has 1 saturated heterocycles. The topological polar surface area (TPSA) is 32.7 Å². The summed E-state index contributed by atoms with van der Waals surface area (Å²) in [4.78, 5) is 2.12. The van der Waals surface area contributed by atoms with Crippen molar-refractivity contribution in [1.82, 2.24) is 4.90 Å². The van der Waals surface area contributed by atoms with E-state index < -0.39 is 17.7 Å². The van der Waals surface area contributed by atoms with Gasteiger partial charge in [0.25, 0.3) is 0 Å². The molecule has 3 nitrogen and oxygen atoms in total. The lowest BCUT2D eigenvalue weighted by atomic mass is 9.99. The zero-order chi connectivity index (χ0) is 14.9. The van der Waals surface area contributed by atoms with Crippen molar-refractivity contribution in [3.63, 3.8) is 0 Å². The highest BCUT2D eigenvalue weighted by Crippen LogP contribution is 2.26. The van der Waals surface area contributed by atoms with Gasteiger partial charge in [-0.1, -0.05) is 6.07 Å². The van der Waals surface area contributed by atoms with Crippen molar-refractivity contribution < 1.29 is 18.6 Å². The van der Waals surface area contributed by atoms with Crippen molar-refractivity contribution in [1.29, 1.82) is 0 Å². The van der Waals surface area contributed by atoms with Gasteiger partial charge in [-0.15, -0.1) is 0 Å². The van der Waals surface area contributed by atoms with Crippen LogP contribution in [0.2, 0.25) is 0 Å². The molecule has 112 valence electrons. The lowest BCUT2D eigenvalue weighted by molar-refractivity contribution is -0.102. The Morgan fingerprint density at radius 2 is 2.10 bits per heavy atom. The van der Waals surface area contributed by atoms with Gasteiger partial charge in [0.1, 0.15) is 0 Å². The van der Waals surface area contributed by atoms with E-state index in [1.807, 2.05) is 20.8 Å². The first kappa shape index (κ1) is 15.4. The Kier molecular flexibility index (Phi) is 4.42. The van der Waals surface area contributed by atoms with E-state index in [4.69, 9.17) is 4.74 Å². The average Bonchev–Trinajstić information content (AvgIpc) is 2.37. The van der Waals surface area contributed by atoms with E-state index in [-0.39, 0.29) is 11.6 Å². The number of hydrogen-bond donors (Lipinski definition) is 1. The third-order valence-electron chi connectivity index (χ3n) is 3.78. The summed E-state index contributed by atoms with van der Waals surface area (Å²) >= 11 is 0. The fourth-order valence-corrected chi connectivity index (χ4v) is 2.40. The molecule has 2 unspecified atom stereocenters. The summed E-state index contributed by atoms with van der Waals surface area (Å²) < 4.78 is 31.7. The minimum atomic E-state index is -0.934. The second-order valence-corrected chi connectivity index (χ2v) is 6.03. The number of β-amino-alcohol motifs (C(OH)–C–C–N with tert-alkyl or cyclic N) is 1. The second kappa shape index (κ2) is 5.76. The number of hydrogen-bond acceptors (Lipinski definition) is 3. The lowest BCUT2D eigenvalue weighted by Crippen LogP contribution is -2.56. The van der Waals surface area contributed by atoms with Crippen molar-refractivity contribution in [2.24, 2.45) is 0 Å². The van der Waals surface area contributed by atoms with Crippen molar-refractivity contribution in [3.8, 4) is 0 Å². The van der Waals surface area contributed by atoms with Crippen LogP contribution >= 0.6 is 0 Å². The predicted molar refractivity (Wildman–Crippen MR) is 72.4 cm³/mol. The molecule has 2 rings (SSSR count). The molecular weight excluding hydrogens is 264 g/mol. The van der Waals surface area contributed by atoms with Gasteiger partial charge in [0, 0.05) is 18.6 Å². The number of aliphatic hydroxyl groups is 1. The van der Waals surface area contributed by atoms with Gasteiger partial charge in [-0.3, -0.25) is 4.90 Å². The second-order valence-electron chi connectivity index (χ2n) is 6.03. The molecule has 1 fully saturated rings. The van der Waals surface area contributed by atoms with Gasteiger partial charge in [-0.05, 0) is 38.5 Å². The highest BCUT2D eigenvalue weighted by atomic mass is 19.2. The van der Waals surface area contributed by atoms with E-state index in [0.717, 1.165) is 12.1 Å². The van der Waals surface area contributed by atoms with Crippen LogP contribution in [0.15, 0.2) is 18.2 Å². The summed E-state index contributed by atoms with van der Waals surface area (Å²) in [5.41, 5.74) is 0.199.